The van der Waals surface area contributed by atoms with Gasteiger partial charge in [-0.15, -0.1) is 0 Å². The molecule has 0 fully saturated rings. The van der Waals surface area contributed by atoms with Crippen molar-refractivity contribution in [3.05, 3.63) is 72.4 Å². The Morgan fingerprint density at radius 1 is 1.04 bits per heavy atom. The Bertz CT molecular complexity index is 951. The van der Waals surface area contributed by atoms with E-state index < -0.39 is 0 Å². The number of amides is 1. The maximum atomic E-state index is 12.7. The minimum atomic E-state index is -0.388. The van der Waals surface area contributed by atoms with Gasteiger partial charge in [0.2, 0.25) is 0 Å². The summed E-state index contributed by atoms with van der Waals surface area (Å²) in [6.45, 7) is 3.73. The molecule has 1 amide bonds. The number of fused-ring (bicyclic) bond motifs is 1. The number of anilines is 1. The fourth-order valence-corrected chi connectivity index (χ4v) is 3.22. The second-order valence-corrected chi connectivity index (χ2v) is 6.81. The van der Waals surface area contributed by atoms with Crippen LogP contribution < -0.4 is 5.32 Å². The van der Waals surface area contributed by atoms with Crippen LogP contribution in [-0.4, -0.2) is 23.5 Å². The molecule has 0 aliphatic carbocycles. The van der Waals surface area contributed by atoms with E-state index >= 15 is 0 Å². The van der Waals surface area contributed by atoms with Gasteiger partial charge in [0, 0.05) is 11.6 Å². The first-order valence-corrected chi connectivity index (χ1v) is 9.45. The molecule has 0 spiro atoms. The van der Waals surface area contributed by atoms with Crippen molar-refractivity contribution >= 4 is 28.5 Å². The van der Waals surface area contributed by atoms with Gasteiger partial charge in [0.25, 0.3) is 5.91 Å². The highest BCUT2D eigenvalue weighted by atomic mass is 16.5. The zero-order valence-corrected chi connectivity index (χ0v) is 16.1. The molecule has 0 saturated carbocycles. The molecule has 0 bridgehead atoms. The second kappa shape index (κ2) is 9.13. The van der Waals surface area contributed by atoms with E-state index in [1.807, 2.05) is 68.4 Å². The Kier molecular flexibility index (Phi) is 6.37. The lowest BCUT2D eigenvalue weighted by Gasteiger charge is -2.21. The van der Waals surface area contributed by atoms with Crippen LogP contribution in [0.15, 0.2) is 66.9 Å². The van der Waals surface area contributed by atoms with Crippen LogP contribution in [0, 0.1) is 5.92 Å². The molecule has 3 rings (SSSR count). The third kappa shape index (κ3) is 4.55. The molecule has 1 heterocycles. The molecular formula is C23H24N2O3. The fraction of sp³-hybridized carbons (Fsp3) is 0.261. The van der Waals surface area contributed by atoms with E-state index in [2.05, 4.69) is 10.3 Å². The van der Waals surface area contributed by atoms with E-state index in [9.17, 15) is 9.59 Å². The average Bonchev–Trinajstić information content (AvgIpc) is 2.73. The number of rotatable bonds is 7. The number of benzene rings is 2. The van der Waals surface area contributed by atoms with Gasteiger partial charge in [-0.25, -0.2) is 0 Å². The molecule has 5 heteroatoms. The Balaban J connectivity index is 1.66. The van der Waals surface area contributed by atoms with Gasteiger partial charge in [0.1, 0.15) is 0 Å². The Hall–Kier alpha value is -3.21. The van der Waals surface area contributed by atoms with Gasteiger partial charge in [0.15, 0.2) is 6.61 Å². The predicted molar refractivity (Wildman–Crippen MR) is 110 cm³/mol. The van der Waals surface area contributed by atoms with Crippen molar-refractivity contribution in [3.8, 4) is 0 Å². The van der Waals surface area contributed by atoms with Crippen molar-refractivity contribution in [2.24, 2.45) is 5.92 Å². The molecule has 1 aromatic heterocycles. The Morgan fingerprint density at radius 2 is 1.82 bits per heavy atom. The second-order valence-electron chi connectivity index (χ2n) is 6.81. The summed E-state index contributed by atoms with van der Waals surface area (Å²) in [5.41, 5.74) is 2.34. The number of nitrogens with zero attached hydrogens (tertiary/aromatic N) is 1. The fourth-order valence-electron chi connectivity index (χ4n) is 3.22. The molecule has 2 aromatic carbocycles. The highest BCUT2D eigenvalue weighted by Crippen LogP contribution is 2.28. The molecule has 5 nitrogen and oxygen atoms in total. The van der Waals surface area contributed by atoms with Crippen molar-refractivity contribution in [1.29, 1.82) is 0 Å². The van der Waals surface area contributed by atoms with E-state index in [1.54, 1.807) is 12.3 Å². The van der Waals surface area contributed by atoms with Gasteiger partial charge < -0.3 is 10.1 Å². The van der Waals surface area contributed by atoms with Crippen LogP contribution in [0.3, 0.4) is 0 Å². The van der Waals surface area contributed by atoms with Crippen molar-refractivity contribution in [2.45, 2.75) is 26.2 Å². The SMILES string of the molecule is CC[C@@H](C)[C@H](C(=O)OCC(=O)Nc1cccc2ncccc12)c1ccccc1. The molecule has 0 radical (unpaired) electrons. The summed E-state index contributed by atoms with van der Waals surface area (Å²) in [7, 11) is 0. The predicted octanol–water partition coefficient (Wildman–Crippen LogP) is 4.55. The summed E-state index contributed by atoms with van der Waals surface area (Å²) in [5.74, 6) is -1.03. The zero-order valence-electron chi connectivity index (χ0n) is 16.1. The van der Waals surface area contributed by atoms with Crippen LogP contribution in [0.2, 0.25) is 0 Å². The summed E-state index contributed by atoms with van der Waals surface area (Å²) in [4.78, 5) is 29.3. The average molecular weight is 376 g/mol. The lowest BCUT2D eigenvalue weighted by Crippen LogP contribution is -2.27. The minimum absolute atomic E-state index is 0.113. The van der Waals surface area contributed by atoms with Crippen molar-refractivity contribution in [2.75, 3.05) is 11.9 Å². The van der Waals surface area contributed by atoms with Crippen molar-refractivity contribution < 1.29 is 14.3 Å². The summed E-state index contributed by atoms with van der Waals surface area (Å²) in [6, 6.07) is 18.8. The third-order valence-electron chi connectivity index (χ3n) is 4.89. The van der Waals surface area contributed by atoms with Crippen LogP contribution in [0.4, 0.5) is 5.69 Å². The van der Waals surface area contributed by atoms with Gasteiger partial charge in [-0.2, -0.15) is 0 Å². The number of esters is 1. The lowest BCUT2D eigenvalue weighted by molar-refractivity contribution is -0.150. The molecular weight excluding hydrogens is 352 g/mol. The molecule has 144 valence electrons. The normalized spacial score (nSPS) is 12.9. The van der Waals surface area contributed by atoms with Gasteiger partial charge in [-0.3, -0.25) is 14.6 Å². The van der Waals surface area contributed by atoms with E-state index in [0.29, 0.717) is 5.69 Å². The quantitative estimate of drug-likeness (QED) is 0.615. The molecule has 0 saturated heterocycles. The third-order valence-corrected chi connectivity index (χ3v) is 4.89. The number of hydrogen-bond donors (Lipinski definition) is 1. The summed E-state index contributed by atoms with van der Waals surface area (Å²) in [6.07, 6.45) is 2.54. The first-order chi connectivity index (χ1) is 13.6. The maximum Gasteiger partial charge on any atom is 0.314 e. The van der Waals surface area contributed by atoms with Gasteiger partial charge in [-0.05, 0) is 35.7 Å². The standard InChI is InChI=1S/C23H24N2O3/c1-3-16(2)22(17-9-5-4-6-10-17)23(27)28-15-21(26)25-20-13-7-12-19-18(20)11-8-14-24-19/h4-14,16,22H,3,15H2,1-2H3,(H,25,26)/t16-,22+/m1/s1. The van der Waals surface area contributed by atoms with Crippen molar-refractivity contribution in [1.82, 2.24) is 4.98 Å². The topological polar surface area (TPSA) is 68.3 Å². The number of pyridine rings is 1. The largest absolute Gasteiger partial charge is 0.455 e. The summed E-state index contributed by atoms with van der Waals surface area (Å²) in [5, 5.41) is 3.65. The number of nitrogens with one attached hydrogen (secondary N) is 1. The number of hydrogen-bond acceptors (Lipinski definition) is 4. The molecule has 2 atom stereocenters. The van der Waals surface area contributed by atoms with Crippen LogP contribution >= 0.6 is 0 Å². The first kappa shape index (κ1) is 19.5. The zero-order chi connectivity index (χ0) is 19.9. The summed E-state index contributed by atoms with van der Waals surface area (Å²) >= 11 is 0. The minimum Gasteiger partial charge on any atom is -0.455 e. The van der Waals surface area contributed by atoms with Gasteiger partial charge >= 0.3 is 5.97 Å². The highest BCUT2D eigenvalue weighted by molar-refractivity contribution is 6.01. The van der Waals surface area contributed by atoms with E-state index in [1.165, 1.54) is 0 Å². The van der Waals surface area contributed by atoms with Gasteiger partial charge in [0.05, 0.1) is 17.1 Å². The highest BCUT2D eigenvalue weighted by Gasteiger charge is 2.27. The molecule has 0 aliphatic heterocycles. The number of carbonyl (C=O) groups excluding carboxylic acids is 2. The number of ether oxygens (including phenoxy) is 1. The first-order valence-electron chi connectivity index (χ1n) is 9.45. The Labute approximate surface area is 164 Å². The number of aromatic nitrogens is 1. The van der Waals surface area contributed by atoms with E-state index in [4.69, 9.17) is 4.74 Å². The molecule has 0 aliphatic rings. The molecule has 1 N–H and O–H groups in total. The van der Waals surface area contributed by atoms with Crippen LogP contribution in [-0.2, 0) is 14.3 Å². The van der Waals surface area contributed by atoms with Crippen LogP contribution in [0.1, 0.15) is 31.7 Å². The number of carbonyl (C=O) groups is 2. The smallest absolute Gasteiger partial charge is 0.314 e. The van der Waals surface area contributed by atoms with E-state index in [0.717, 1.165) is 22.9 Å². The maximum absolute atomic E-state index is 12.7. The van der Waals surface area contributed by atoms with Gasteiger partial charge in [-0.1, -0.05) is 56.7 Å². The monoisotopic (exact) mass is 376 g/mol. The summed E-state index contributed by atoms with van der Waals surface area (Å²) < 4.78 is 5.36. The van der Waals surface area contributed by atoms with Crippen molar-refractivity contribution in [3.63, 3.8) is 0 Å². The van der Waals surface area contributed by atoms with Crippen LogP contribution in [0.5, 0.6) is 0 Å². The van der Waals surface area contributed by atoms with Crippen LogP contribution in [0.25, 0.3) is 10.9 Å². The molecule has 0 unspecified atom stereocenters. The molecule has 3 aromatic rings. The lowest BCUT2D eigenvalue weighted by atomic mass is 9.86. The van der Waals surface area contributed by atoms with E-state index in [-0.39, 0.29) is 30.3 Å². The molecule has 28 heavy (non-hydrogen) atoms. The Morgan fingerprint density at radius 3 is 2.57 bits per heavy atom.